The van der Waals surface area contributed by atoms with Gasteiger partial charge >= 0.3 is 17.9 Å². The van der Waals surface area contributed by atoms with E-state index in [1.165, 1.54) is 12.1 Å². The summed E-state index contributed by atoms with van der Waals surface area (Å²) in [5, 5.41) is 33.6. The van der Waals surface area contributed by atoms with Crippen molar-refractivity contribution in [1.82, 2.24) is 0 Å². The van der Waals surface area contributed by atoms with Crippen molar-refractivity contribution in [1.29, 1.82) is 0 Å². The van der Waals surface area contributed by atoms with Gasteiger partial charge in [0.25, 0.3) is 0 Å². The van der Waals surface area contributed by atoms with Crippen molar-refractivity contribution in [3.05, 3.63) is 70.8 Å². The van der Waals surface area contributed by atoms with Crippen LogP contribution in [-0.4, -0.2) is 65.5 Å². The van der Waals surface area contributed by atoms with Crippen LogP contribution in [0.25, 0.3) is 43.1 Å². The Morgan fingerprint density at radius 2 is 1.27 bits per heavy atom. The van der Waals surface area contributed by atoms with E-state index in [0.717, 1.165) is 16.2 Å². The summed E-state index contributed by atoms with van der Waals surface area (Å²) in [6, 6.07) is 13.3. The van der Waals surface area contributed by atoms with Crippen molar-refractivity contribution >= 4 is 66.9 Å². The summed E-state index contributed by atoms with van der Waals surface area (Å²) >= 11 is 0. The predicted octanol–water partition coefficient (Wildman–Crippen LogP) is 4.06. The molecule has 37 heavy (non-hydrogen) atoms. The highest BCUT2D eigenvalue weighted by Crippen LogP contribution is 2.44. The molecule has 0 saturated carbocycles. The summed E-state index contributed by atoms with van der Waals surface area (Å²) in [6.07, 6.45) is 0. The van der Waals surface area contributed by atoms with Gasteiger partial charge in [-0.15, -0.1) is 0 Å². The quantitative estimate of drug-likeness (QED) is 0.132. The number of benzene rings is 5. The molecular weight excluding hydrogens is 478 g/mol. The van der Waals surface area contributed by atoms with Crippen molar-refractivity contribution in [2.24, 2.45) is 4.99 Å². The first kappa shape index (κ1) is 22.8. The van der Waals surface area contributed by atoms with Crippen LogP contribution in [0.4, 0.5) is 0 Å². The number of rotatable bonds is 7. The zero-order valence-electron chi connectivity index (χ0n) is 19.3. The monoisotopic (exact) mass is 497 g/mol. The van der Waals surface area contributed by atoms with Gasteiger partial charge in [-0.05, 0) is 56.6 Å². The second-order valence-corrected chi connectivity index (χ2v) is 8.67. The topological polar surface area (TPSA) is 143 Å². The molecule has 9 heteroatoms. The number of esters is 1. The molecule has 5 aromatic rings. The Morgan fingerprint density at radius 1 is 0.730 bits per heavy atom. The average molecular weight is 497 g/mol. The highest BCUT2D eigenvalue weighted by molar-refractivity contribution is 6.39. The van der Waals surface area contributed by atoms with Crippen molar-refractivity contribution < 1.29 is 39.2 Å². The van der Waals surface area contributed by atoms with E-state index >= 15 is 0 Å². The number of carboxylic acids is 2. The van der Waals surface area contributed by atoms with E-state index in [2.05, 4.69) is 4.99 Å². The predicted molar refractivity (Wildman–Crippen MR) is 136 cm³/mol. The van der Waals surface area contributed by atoms with Crippen molar-refractivity contribution in [2.45, 2.75) is 0 Å². The van der Waals surface area contributed by atoms with Gasteiger partial charge in [0, 0.05) is 16.3 Å². The molecule has 5 aromatic carbocycles. The summed E-state index contributed by atoms with van der Waals surface area (Å²) < 4.78 is 10.8. The lowest BCUT2D eigenvalue weighted by molar-refractivity contribution is 0.0692. The van der Waals surface area contributed by atoms with Gasteiger partial charge in [0.05, 0.1) is 43.1 Å². The highest BCUT2D eigenvalue weighted by Gasteiger charge is 2.29. The van der Waals surface area contributed by atoms with Gasteiger partial charge in [0.15, 0.2) is 0 Å². The minimum atomic E-state index is -1.21. The molecule has 184 valence electrons. The molecule has 1 heterocycles. The molecule has 0 aliphatic carbocycles. The maximum atomic E-state index is 12.9. The number of carbonyl (C=O) groups excluding carboxylic acids is 1. The molecule has 0 bridgehead atoms. The first-order valence-electron chi connectivity index (χ1n) is 11.5. The Balaban J connectivity index is 1.70. The Labute approximate surface area is 208 Å². The van der Waals surface area contributed by atoms with Gasteiger partial charge in [0.1, 0.15) is 0 Å². The Kier molecular flexibility index (Phi) is 5.25. The van der Waals surface area contributed by atoms with E-state index < -0.39 is 17.9 Å². The molecular formula is C28H19NO8. The number of aliphatic hydroxyl groups is 1. The summed E-state index contributed by atoms with van der Waals surface area (Å²) in [5.74, 6) is -2.79. The fraction of sp³-hybridized carbons (Fsp3) is 0.143. The van der Waals surface area contributed by atoms with Crippen LogP contribution >= 0.6 is 0 Å². The lowest BCUT2D eigenvalue weighted by Crippen LogP contribution is -2.21. The SMILES string of the molecule is O=C(O)c1ccc2c3ccc4c5c(ccc(c6ccc(C(=O)O)c1c26)c53)C(=NCCOCCO)OC4=O. The number of ether oxygens (including phenoxy) is 2. The number of carboxylic acid groups (broad SMARTS) is 2. The molecule has 0 saturated heterocycles. The van der Waals surface area contributed by atoms with E-state index in [1.807, 2.05) is 6.07 Å². The number of fused-ring (bicyclic) bond motifs is 2. The van der Waals surface area contributed by atoms with Crippen molar-refractivity contribution in [3.63, 3.8) is 0 Å². The van der Waals surface area contributed by atoms with Crippen LogP contribution in [0, 0.1) is 0 Å². The summed E-state index contributed by atoms with van der Waals surface area (Å²) in [5.41, 5.74) is 0.846. The van der Waals surface area contributed by atoms with Gasteiger partial charge in [-0.25, -0.2) is 19.4 Å². The second-order valence-electron chi connectivity index (χ2n) is 8.67. The normalized spacial score (nSPS) is 14.3. The summed E-state index contributed by atoms with van der Waals surface area (Å²) in [7, 11) is 0. The number of cyclic esters (lactones) is 1. The first-order chi connectivity index (χ1) is 17.9. The molecule has 0 unspecified atom stereocenters. The van der Waals surface area contributed by atoms with E-state index in [4.69, 9.17) is 14.6 Å². The fourth-order valence-electron chi connectivity index (χ4n) is 5.29. The number of nitrogens with zero attached hydrogens (tertiary/aromatic N) is 1. The molecule has 3 N–H and O–H groups in total. The number of aliphatic imine (C=N–C) groups is 1. The lowest BCUT2D eigenvalue weighted by Gasteiger charge is -2.22. The zero-order chi connectivity index (χ0) is 25.8. The third-order valence-corrected chi connectivity index (χ3v) is 6.73. The van der Waals surface area contributed by atoms with Crippen LogP contribution in [0.3, 0.4) is 0 Å². The van der Waals surface area contributed by atoms with E-state index in [0.29, 0.717) is 32.7 Å². The molecule has 6 rings (SSSR count). The Morgan fingerprint density at radius 3 is 1.84 bits per heavy atom. The van der Waals surface area contributed by atoms with Gasteiger partial charge < -0.3 is 24.8 Å². The van der Waals surface area contributed by atoms with Crippen LogP contribution in [0.5, 0.6) is 0 Å². The molecule has 0 atom stereocenters. The van der Waals surface area contributed by atoms with Crippen molar-refractivity contribution in [2.75, 3.05) is 26.4 Å². The van der Waals surface area contributed by atoms with Gasteiger partial charge in [-0.2, -0.15) is 0 Å². The summed E-state index contributed by atoms with van der Waals surface area (Å²) in [6.45, 7) is 0.579. The number of aromatic carboxylic acids is 2. The fourth-order valence-corrected chi connectivity index (χ4v) is 5.29. The first-order valence-corrected chi connectivity index (χ1v) is 11.5. The Bertz CT molecular complexity index is 1750. The van der Waals surface area contributed by atoms with E-state index in [1.54, 1.807) is 30.3 Å². The van der Waals surface area contributed by atoms with Crippen LogP contribution in [0.2, 0.25) is 0 Å². The number of carbonyl (C=O) groups is 3. The number of hydrogen-bond donors (Lipinski definition) is 3. The maximum Gasteiger partial charge on any atom is 0.345 e. The number of aliphatic hydroxyl groups excluding tert-OH is 1. The Hall–Kier alpha value is -4.60. The third kappa shape index (κ3) is 3.32. The molecule has 0 radical (unpaired) electrons. The van der Waals surface area contributed by atoms with Gasteiger partial charge in [-0.3, -0.25) is 0 Å². The maximum absolute atomic E-state index is 12.9. The average Bonchev–Trinajstić information content (AvgIpc) is 2.89. The summed E-state index contributed by atoms with van der Waals surface area (Å²) in [4.78, 5) is 41.4. The molecule has 0 amide bonds. The van der Waals surface area contributed by atoms with E-state index in [-0.39, 0.29) is 48.8 Å². The molecule has 1 aliphatic heterocycles. The largest absolute Gasteiger partial charge is 0.478 e. The van der Waals surface area contributed by atoms with E-state index in [9.17, 15) is 24.6 Å². The zero-order valence-corrected chi connectivity index (χ0v) is 19.3. The van der Waals surface area contributed by atoms with Gasteiger partial charge in [0.2, 0.25) is 5.90 Å². The molecule has 0 fully saturated rings. The highest BCUT2D eigenvalue weighted by atomic mass is 16.5. The van der Waals surface area contributed by atoms with Crippen molar-refractivity contribution in [3.8, 4) is 0 Å². The van der Waals surface area contributed by atoms with Crippen LogP contribution in [0.15, 0.2) is 53.5 Å². The molecule has 0 spiro atoms. The van der Waals surface area contributed by atoms with Crippen LogP contribution in [-0.2, 0) is 9.47 Å². The third-order valence-electron chi connectivity index (χ3n) is 6.73. The van der Waals surface area contributed by atoms with Crippen LogP contribution < -0.4 is 0 Å². The number of hydrogen-bond acceptors (Lipinski definition) is 7. The van der Waals surface area contributed by atoms with Crippen LogP contribution in [0.1, 0.15) is 36.6 Å². The minimum Gasteiger partial charge on any atom is -0.478 e. The smallest absolute Gasteiger partial charge is 0.345 e. The lowest BCUT2D eigenvalue weighted by atomic mass is 9.84. The standard InChI is InChI=1S/C28H19NO8/c30-10-12-36-11-9-29-25-17-5-1-13-14-2-6-18(26(31)32)24-19(27(33)34)7-3-15(22(14)24)16-4-8-20(28(35)37-25)23(17)21(13)16/h1-8,30H,9-12H2,(H,31,32)(H,33,34). The second kappa shape index (κ2) is 8.51. The minimum absolute atomic E-state index is 0.0894. The molecule has 1 aliphatic rings. The van der Waals surface area contributed by atoms with Gasteiger partial charge in [-0.1, -0.05) is 24.3 Å². The molecule has 0 aromatic heterocycles. The molecule has 9 nitrogen and oxygen atoms in total.